The molecule has 0 amide bonds. The second-order valence-electron chi connectivity index (χ2n) is 6.71. The van der Waals surface area contributed by atoms with Gasteiger partial charge in [0.2, 0.25) is 0 Å². The molecule has 1 fully saturated rings. The quantitative estimate of drug-likeness (QED) is 0.552. The van der Waals surface area contributed by atoms with Crippen molar-refractivity contribution < 1.29 is 4.79 Å². The van der Waals surface area contributed by atoms with Gasteiger partial charge in [-0.1, -0.05) is 23.7 Å². The van der Waals surface area contributed by atoms with E-state index in [0.29, 0.717) is 10.8 Å². The number of nitrogens with zero attached hydrogens (tertiary/aromatic N) is 4. The normalized spacial score (nSPS) is 17.3. The van der Waals surface area contributed by atoms with E-state index < -0.39 is 0 Å². The van der Waals surface area contributed by atoms with Crippen molar-refractivity contribution in [1.29, 1.82) is 0 Å². The zero-order valence-corrected chi connectivity index (χ0v) is 15.7. The Bertz CT molecular complexity index is 1030. The number of allylic oxidation sites excluding steroid dienone is 1. The van der Waals surface area contributed by atoms with Crippen molar-refractivity contribution in [2.75, 3.05) is 18.8 Å². The van der Waals surface area contributed by atoms with Crippen LogP contribution in [0.1, 0.15) is 18.2 Å². The summed E-state index contributed by atoms with van der Waals surface area (Å²) >= 11 is 6.06. The molecule has 1 aliphatic rings. The summed E-state index contributed by atoms with van der Waals surface area (Å²) in [5.74, 6) is 0.475. The third-order valence-corrected chi connectivity index (χ3v) is 5.38. The molecule has 7 heteroatoms. The lowest BCUT2D eigenvalue weighted by Crippen LogP contribution is -2.17. The number of hydrogen-bond acceptors (Lipinski definition) is 5. The Morgan fingerprint density at radius 3 is 2.78 bits per heavy atom. The summed E-state index contributed by atoms with van der Waals surface area (Å²) < 4.78 is 2.26. The van der Waals surface area contributed by atoms with Gasteiger partial charge in [0.15, 0.2) is 0 Å². The number of anilines is 1. The van der Waals surface area contributed by atoms with E-state index in [1.54, 1.807) is 0 Å². The molecule has 3 aromatic rings. The predicted molar refractivity (Wildman–Crippen MR) is 108 cm³/mol. The number of aromatic nitrogens is 3. The highest BCUT2D eigenvalue weighted by atomic mass is 35.5. The fourth-order valence-corrected chi connectivity index (χ4v) is 4.09. The van der Waals surface area contributed by atoms with Gasteiger partial charge in [-0.2, -0.15) is 0 Å². The minimum Gasteiger partial charge on any atom is -0.383 e. The van der Waals surface area contributed by atoms with Gasteiger partial charge in [-0.15, -0.1) is 0 Å². The largest absolute Gasteiger partial charge is 0.383 e. The first-order valence-corrected chi connectivity index (χ1v) is 9.21. The lowest BCUT2D eigenvalue weighted by atomic mass is 10.0. The summed E-state index contributed by atoms with van der Waals surface area (Å²) in [7, 11) is 0. The number of aldehydes is 1. The van der Waals surface area contributed by atoms with Crippen molar-refractivity contribution >= 4 is 34.7 Å². The van der Waals surface area contributed by atoms with Crippen molar-refractivity contribution in [3.05, 3.63) is 53.6 Å². The molecule has 0 aliphatic carbocycles. The van der Waals surface area contributed by atoms with Crippen molar-refractivity contribution in [1.82, 2.24) is 19.4 Å². The van der Waals surface area contributed by atoms with Gasteiger partial charge in [0.05, 0.1) is 11.4 Å². The number of benzene rings is 1. The maximum atomic E-state index is 10.6. The Morgan fingerprint density at radius 2 is 2.04 bits per heavy atom. The molecule has 1 aliphatic heterocycles. The van der Waals surface area contributed by atoms with Crippen molar-refractivity contribution in [3.63, 3.8) is 0 Å². The first-order chi connectivity index (χ1) is 13.1. The van der Waals surface area contributed by atoms with Crippen LogP contribution in [0.4, 0.5) is 5.82 Å². The Kier molecular flexibility index (Phi) is 4.58. The first kappa shape index (κ1) is 17.5. The van der Waals surface area contributed by atoms with Crippen molar-refractivity contribution in [2.24, 2.45) is 0 Å². The molecule has 3 heterocycles. The van der Waals surface area contributed by atoms with E-state index in [1.807, 2.05) is 30.5 Å². The van der Waals surface area contributed by atoms with Gasteiger partial charge in [-0.05, 0) is 37.1 Å². The second kappa shape index (κ2) is 7.04. The molecule has 27 heavy (non-hydrogen) atoms. The highest BCUT2D eigenvalue weighted by Gasteiger charge is 2.28. The van der Waals surface area contributed by atoms with Crippen molar-refractivity contribution in [2.45, 2.75) is 19.4 Å². The number of likely N-dealkylation sites (tertiary alicyclic amines) is 1. The molecule has 1 saturated heterocycles. The van der Waals surface area contributed by atoms with Gasteiger partial charge >= 0.3 is 0 Å². The number of fused-ring (bicyclic) bond motifs is 1. The molecule has 0 bridgehead atoms. The van der Waals surface area contributed by atoms with Crippen LogP contribution in [-0.4, -0.2) is 38.8 Å². The zero-order valence-electron chi connectivity index (χ0n) is 15.0. The fraction of sp³-hybridized carbons (Fsp3) is 0.250. The van der Waals surface area contributed by atoms with Crippen LogP contribution in [0.2, 0.25) is 5.02 Å². The lowest BCUT2D eigenvalue weighted by molar-refractivity contribution is -0.104. The van der Waals surface area contributed by atoms with Gasteiger partial charge in [-0.25, -0.2) is 9.97 Å². The number of nitrogen functional groups attached to an aromatic ring is 1. The summed E-state index contributed by atoms with van der Waals surface area (Å²) in [6.07, 6.45) is 6.66. The Balaban J connectivity index is 1.86. The molecular formula is C20H20ClN5O. The van der Waals surface area contributed by atoms with Gasteiger partial charge < -0.3 is 15.2 Å². The maximum Gasteiger partial charge on any atom is 0.146 e. The summed E-state index contributed by atoms with van der Waals surface area (Å²) in [5.41, 5.74) is 10.3. The number of halogens is 1. The summed E-state index contributed by atoms with van der Waals surface area (Å²) in [6.45, 7) is 3.80. The van der Waals surface area contributed by atoms with Crippen LogP contribution in [0.5, 0.6) is 0 Å². The summed E-state index contributed by atoms with van der Waals surface area (Å²) in [4.78, 5) is 21.5. The van der Waals surface area contributed by atoms with Crippen LogP contribution < -0.4 is 5.73 Å². The SMILES string of the molecule is Cc1c(-c2ccc(Cl)cc2)c2c(N)ncnc2n1[C@@H]1CCN(C=CC=O)C1. The van der Waals surface area contributed by atoms with E-state index in [4.69, 9.17) is 17.3 Å². The molecule has 0 spiro atoms. The number of nitrogens with two attached hydrogens (primary N) is 1. The highest BCUT2D eigenvalue weighted by Crippen LogP contribution is 2.39. The minimum atomic E-state index is 0.249. The Labute approximate surface area is 162 Å². The van der Waals surface area contributed by atoms with E-state index in [9.17, 15) is 4.79 Å². The Hall–Kier alpha value is -2.86. The molecule has 138 valence electrons. The molecule has 0 radical (unpaired) electrons. The molecular weight excluding hydrogens is 362 g/mol. The van der Waals surface area contributed by atoms with E-state index in [2.05, 4.69) is 26.4 Å². The molecule has 6 nitrogen and oxygen atoms in total. The molecule has 0 unspecified atom stereocenters. The Morgan fingerprint density at radius 1 is 1.26 bits per heavy atom. The zero-order chi connectivity index (χ0) is 19.0. The van der Waals surface area contributed by atoms with E-state index in [0.717, 1.165) is 53.7 Å². The summed E-state index contributed by atoms with van der Waals surface area (Å²) in [6, 6.07) is 7.99. The molecule has 4 rings (SSSR count). The molecule has 2 N–H and O–H groups in total. The highest BCUT2D eigenvalue weighted by molar-refractivity contribution is 6.30. The smallest absolute Gasteiger partial charge is 0.146 e. The van der Waals surface area contributed by atoms with Crippen LogP contribution in [0.25, 0.3) is 22.2 Å². The standard InChI is InChI=1S/C20H20ClN5O/c1-13-17(14-3-5-15(21)6-4-14)18-19(22)23-12-24-20(18)26(13)16-7-9-25(11-16)8-2-10-27/h2-6,8,10,12,16H,7,9,11H2,1H3,(H2,22,23,24)/t16-/m1/s1. The third kappa shape index (κ3) is 3.06. The average Bonchev–Trinajstić information content (AvgIpc) is 3.23. The molecule has 2 aromatic heterocycles. The van der Waals surface area contributed by atoms with Gasteiger partial charge in [0.25, 0.3) is 0 Å². The summed E-state index contributed by atoms with van der Waals surface area (Å²) in [5, 5.41) is 1.57. The fourth-order valence-electron chi connectivity index (χ4n) is 3.96. The van der Waals surface area contributed by atoms with E-state index in [1.165, 1.54) is 12.4 Å². The van der Waals surface area contributed by atoms with E-state index >= 15 is 0 Å². The van der Waals surface area contributed by atoms with Crippen LogP contribution in [0.3, 0.4) is 0 Å². The number of carbonyl (C=O) groups is 1. The van der Waals surface area contributed by atoms with Crippen LogP contribution in [-0.2, 0) is 4.79 Å². The van der Waals surface area contributed by atoms with Gasteiger partial charge in [0.1, 0.15) is 24.1 Å². The first-order valence-electron chi connectivity index (χ1n) is 8.83. The lowest BCUT2D eigenvalue weighted by Gasteiger charge is -2.17. The van der Waals surface area contributed by atoms with Crippen molar-refractivity contribution in [3.8, 4) is 11.1 Å². The third-order valence-electron chi connectivity index (χ3n) is 5.13. The monoisotopic (exact) mass is 381 g/mol. The van der Waals surface area contributed by atoms with Gasteiger partial charge in [-0.3, -0.25) is 4.79 Å². The van der Waals surface area contributed by atoms with E-state index in [-0.39, 0.29) is 6.04 Å². The maximum absolute atomic E-state index is 10.6. The number of rotatable bonds is 4. The predicted octanol–water partition coefficient (Wildman–Crippen LogP) is 3.60. The molecule has 1 aromatic carbocycles. The van der Waals surface area contributed by atoms with Crippen LogP contribution in [0.15, 0.2) is 42.9 Å². The second-order valence-corrected chi connectivity index (χ2v) is 7.15. The molecule has 0 saturated carbocycles. The number of hydrogen-bond donors (Lipinski definition) is 1. The van der Waals surface area contributed by atoms with Gasteiger partial charge in [0, 0.05) is 35.6 Å². The number of carbonyl (C=O) groups excluding carboxylic acids is 1. The molecule has 1 atom stereocenters. The van der Waals surface area contributed by atoms with Crippen LogP contribution >= 0.6 is 11.6 Å². The van der Waals surface area contributed by atoms with Crippen LogP contribution in [0, 0.1) is 6.92 Å². The average molecular weight is 382 g/mol. The minimum absolute atomic E-state index is 0.249. The topological polar surface area (TPSA) is 77.0 Å².